The maximum Gasteiger partial charge on any atom is 0.251 e. The van der Waals surface area contributed by atoms with Gasteiger partial charge in [-0.3, -0.25) is 24.2 Å². The molecule has 0 saturated carbocycles. The molecule has 0 saturated heterocycles. The minimum absolute atomic E-state index is 0. The number of benzene rings is 1. The fourth-order valence-electron chi connectivity index (χ4n) is 3.59. The molecule has 1 aromatic heterocycles. The second-order valence-corrected chi connectivity index (χ2v) is 10.6. The first kappa shape index (κ1) is 32.0. The van der Waals surface area contributed by atoms with E-state index >= 15 is 0 Å². The van der Waals surface area contributed by atoms with Gasteiger partial charge in [-0.2, -0.15) is 0 Å². The summed E-state index contributed by atoms with van der Waals surface area (Å²) in [7, 11) is 0. The Morgan fingerprint density at radius 3 is 1.69 bits per heavy atom. The summed E-state index contributed by atoms with van der Waals surface area (Å²) in [5.74, 6) is -0.271. The number of pyridine rings is 1. The third-order valence-corrected chi connectivity index (χ3v) is 6.27. The van der Waals surface area contributed by atoms with Crippen molar-refractivity contribution in [3.8, 4) is 11.1 Å². The predicted molar refractivity (Wildman–Crippen MR) is 153 cm³/mol. The Morgan fingerprint density at radius 2 is 1.26 bits per heavy atom. The monoisotopic (exact) mass is 540 g/mol. The normalized spacial score (nSPS) is 11.4. The first-order chi connectivity index (χ1) is 18.5. The lowest BCUT2D eigenvalue weighted by molar-refractivity contribution is -0.123. The number of rotatable bonds is 17. The fourth-order valence-corrected chi connectivity index (χ4v) is 3.59. The van der Waals surface area contributed by atoms with Crippen LogP contribution in [0.25, 0.3) is 11.1 Å². The molecule has 39 heavy (non-hydrogen) atoms. The summed E-state index contributed by atoms with van der Waals surface area (Å²) in [5.41, 5.74) is 2.61. The maximum atomic E-state index is 13.0. The molecule has 2 rings (SSSR count). The van der Waals surface area contributed by atoms with E-state index in [2.05, 4.69) is 10.3 Å². The van der Waals surface area contributed by atoms with Gasteiger partial charge < -0.3 is 14.8 Å². The molecule has 0 atom stereocenters. The summed E-state index contributed by atoms with van der Waals surface area (Å²) in [5, 5.41) is 2.94. The Morgan fingerprint density at radius 1 is 0.744 bits per heavy atom. The Hall–Kier alpha value is -3.23. The molecule has 1 heterocycles. The van der Waals surface area contributed by atoms with Gasteiger partial charge in [0, 0.05) is 49.3 Å². The van der Waals surface area contributed by atoms with Crippen LogP contribution in [0, 0.1) is 17.8 Å². The first-order valence-corrected chi connectivity index (χ1v) is 13.6. The summed E-state index contributed by atoms with van der Waals surface area (Å²) in [4.78, 5) is 53.1. The SMILES string of the molecule is CC(C)C(=O)CCOCC(COCCC(=O)C(C)C)NC(=O)c1ccc(-c2ccc(C(=O)C(C)C)nc2)cc1.[HH]. The average Bonchev–Trinajstić information content (AvgIpc) is 2.92. The molecule has 0 bridgehead atoms. The summed E-state index contributed by atoms with van der Waals surface area (Å²) in [6.45, 7) is 12.0. The van der Waals surface area contributed by atoms with Crippen molar-refractivity contribution in [2.45, 2.75) is 60.4 Å². The molecule has 0 spiro atoms. The van der Waals surface area contributed by atoms with Crippen LogP contribution in [-0.2, 0) is 19.1 Å². The van der Waals surface area contributed by atoms with Gasteiger partial charge in [0.25, 0.3) is 5.91 Å². The minimum Gasteiger partial charge on any atom is -0.379 e. The predicted octanol–water partition coefficient (Wildman–Crippen LogP) is 5.20. The van der Waals surface area contributed by atoms with Gasteiger partial charge >= 0.3 is 0 Å². The standard InChI is InChI=1S/C31H42N2O6.H2/c1-20(2)28(34)13-15-38-18-26(19-39-16-14-29(35)21(3)4)33-31(37)24-9-7-23(8-10-24)25-11-12-27(32-17-25)30(36)22(5)6;/h7-12,17,20-22,26H,13-16,18-19H2,1-6H3,(H,33,37);1H. The van der Waals surface area contributed by atoms with Crippen LogP contribution in [0.3, 0.4) is 0 Å². The number of aromatic nitrogens is 1. The van der Waals surface area contributed by atoms with E-state index in [1.54, 1.807) is 24.4 Å². The zero-order chi connectivity index (χ0) is 28.9. The molecule has 0 aliphatic rings. The van der Waals surface area contributed by atoms with Crippen LogP contribution in [0.2, 0.25) is 0 Å². The van der Waals surface area contributed by atoms with Gasteiger partial charge in [-0.1, -0.05) is 59.7 Å². The molecule has 0 fully saturated rings. The minimum atomic E-state index is -0.448. The number of carbonyl (C=O) groups is 4. The van der Waals surface area contributed by atoms with Crippen molar-refractivity contribution in [3.05, 3.63) is 53.9 Å². The van der Waals surface area contributed by atoms with Crippen molar-refractivity contribution < 1.29 is 30.1 Å². The topological polar surface area (TPSA) is 112 Å². The van der Waals surface area contributed by atoms with E-state index in [1.807, 2.05) is 59.7 Å². The van der Waals surface area contributed by atoms with E-state index in [0.29, 0.717) is 24.1 Å². The van der Waals surface area contributed by atoms with E-state index in [0.717, 1.165) is 11.1 Å². The molecular weight excluding hydrogens is 496 g/mol. The van der Waals surface area contributed by atoms with Crippen molar-refractivity contribution in [3.63, 3.8) is 0 Å². The third-order valence-electron chi connectivity index (χ3n) is 6.27. The van der Waals surface area contributed by atoms with Crippen LogP contribution in [0.5, 0.6) is 0 Å². The van der Waals surface area contributed by atoms with Crippen LogP contribution < -0.4 is 5.32 Å². The van der Waals surface area contributed by atoms with Gasteiger partial charge in [0.15, 0.2) is 5.78 Å². The molecule has 8 nitrogen and oxygen atoms in total. The fraction of sp³-hybridized carbons (Fsp3) is 0.516. The lowest BCUT2D eigenvalue weighted by Gasteiger charge is -2.19. The number of carbonyl (C=O) groups excluding carboxylic acids is 4. The van der Waals surface area contributed by atoms with Gasteiger partial charge in [0.05, 0.1) is 32.5 Å². The lowest BCUT2D eigenvalue weighted by Crippen LogP contribution is -2.42. The number of nitrogens with one attached hydrogen (secondary N) is 1. The largest absolute Gasteiger partial charge is 0.379 e. The third kappa shape index (κ3) is 10.8. The molecule has 0 unspecified atom stereocenters. The molecule has 8 heteroatoms. The Labute approximate surface area is 233 Å². The Bertz CT molecular complexity index is 1070. The summed E-state index contributed by atoms with van der Waals surface area (Å²) < 4.78 is 11.3. The molecule has 0 aliphatic carbocycles. The molecule has 0 radical (unpaired) electrons. The molecule has 1 N–H and O–H groups in total. The molecule has 2 aromatic rings. The summed E-state index contributed by atoms with van der Waals surface area (Å²) >= 11 is 0. The molecule has 1 amide bonds. The Balaban J connectivity index is 0.00000800. The van der Waals surface area contributed by atoms with E-state index in [9.17, 15) is 19.2 Å². The van der Waals surface area contributed by atoms with Gasteiger partial charge in [0.1, 0.15) is 17.3 Å². The lowest BCUT2D eigenvalue weighted by atomic mass is 10.0. The number of Topliss-reactive ketones (excluding diaryl/α,β-unsaturated/α-hetero) is 3. The number of hydrogen-bond donors (Lipinski definition) is 1. The Kier molecular flexibility index (Phi) is 13.1. The zero-order valence-electron chi connectivity index (χ0n) is 24.0. The highest BCUT2D eigenvalue weighted by molar-refractivity contribution is 5.96. The highest BCUT2D eigenvalue weighted by Crippen LogP contribution is 2.20. The molecular formula is C31H44N2O6. The van der Waals surface area contributed by atoms with Gasteiger partial charge in [-0.25, -0.2) is 0 Å². The molecule has 1 aromatic carbocycles. The van der Waals surface area contributed by atoms with Gasteiger partial charge in [-0.05, 0) is 23.8 Å². The van der Waals surface area contributed by atoms with Crippen molar-refractivity contribution in [1.29, 1.82) is 0 Å². The highest BCUT2D eigenvalue weighted by atomic mass is 16.5. The number of ether oxygens (including phenoxy) is 2. The smallest absolute Gasteiger partial charge is 0.251 e. The van der Waals surface area contributed by atoms with Gasteiger partial charge in [0.2, 0.25) is 0 Å². The summed E-state index contributed by atoms with van der Waals surface area (Å²) in [6, 6.07) is 10.2. The summed E-state index contributed by atoms with van der Waals surface area (Å²) in [6.07, 6.45) is 2.28. The number of nitrogens with zero attached hydrogens (tertiary/aromatic N) is 1. The number of amides is 1. The van der Waals surface area contributed by atoms with Crippen molar-refractivity contribution in [2.75, 3.05) is 26.4 Å². The van der Waals surface area contributed by atoms with Crippen LogP contribution in [-0.4, -0.2) is 60.7 Å². The zero-order valence-corrected chi connectivity index (χ0v) is 24.0. The van der Waals surface area contributed by atoms with E-state index < -0.39 is 6.04 Å². The number of hydrogen-bond acceptors (Lipinski definition) is 7. The van der Waals surface area contributed by atoms with Gasteiger partial charge in [-0.15, -0.1) is 0 Å². The van der Waals surface area contributed by atoms with Crippen LogP contribution in [0.1, 0.15) is 76.7 Å². The van der Waals surface area contributed by atoms with Crippen molar-refractivity contribution in [1.82, 2.24) is 10.3 Å². The first-order valence-electron chi connectivity index (χ1n) is 13.6. The van der Waals surface area contributed by atoms with E-state index in [4.69, 9.17) is 9.47 Å². The average molecular weight is 541 g/mol. The van der Waals surface area contributed by atoms with Crippen molar-refractivity contribution >= 4 is 23.3 Å². The second-order valence-electron chi connectivity index (χ2n) is 10.6. The molecule has 0 aliphatic heterocycles. The van der Waals surface area contributed by atoms with Crippen LogP contribution in [0.15, 0.2) is 42.6 Å². The van der Waals surface area contributed by atoms with Crippen LogP contribution >= 0.6 is 0 Å². The maximum absolute atomic E-state index is 13.0. The van der Waals surface area contributed by atoms with Crippen molar-refractivity contribution in [2.24, 2.45) is 17.8 Å². The molecule has 214 valence electrons. The quantitative estimate of drug-likeness (QED) is 0.217. The van der Waals surface area contributed by atoms with E-state index in [1.165, 1.54) is 0 Å². The second kappa shape index (κ2) is 16.0. The number of ketones is 3. The van der Waals surface area contributed by atoms with E-state index in [-0.39, 0.29) is 68.9 Å². The van der Waals surface area contributed by atoms with Crippen LogP contribution in [0.4, 0.5) is 0 Å². The highest BCUT2D eigenvalue weighted by Gasteiger charge is 2.17.